The maximum Gasteiger partial charge on any atom is 0.223 e. The molecule has 0 aliphatic carbocycles. The van der Waals surface area contributed by atoms with Crippen LogP contribution in [0, 0.1) is 0 Å². The van der Waals surface area contributed by atoms with Gasteiger partial charge in [-0.05, 0) is 36.7 Å². The molecular weight excluding hydrogens is 236 g/mol. The Balaban J connectivity index is 2.17. The van der Waals surface area contributed by atoms with Crippen LogP contribution in [0.2, 0.25) is 0 Å². The molecular formula is C16H20N2O. The lowest BCUT2D eigenvalue weighted by atomic mass is 10.2. The average Bonchev–Trinajstić information content (AvgIpc) is 2.46. The molecule has 3 heteroatoms. The predicted octanol–water partition coefficient (Wildman–Crippen LogP) is 3.55. The molecule has 19 heavy (non-hydrogen) atoms. The van der Waals surface area contributed by atoms with Gasteiger partial charge in [0, 0.05) is 18.3 Å². The number of nitrogens with zero attached hydrogens (tertiary/aromatic N) is 1. The van der Waals surface area contributed by atoms with E-state index in [1.807, 2.05) is 24.3 Å². The number of aryl methyl sites for hydroxylation is 1. The third-order valence-electron chi connectivity index (χ3n) is 2.94. The Morgan fingerprint density at radius 2 is 2.05 bits per heavy atom. The molecule has 1 heterocycles. The van der Waals surface area contributed by atoms with Crippen LogP contribution in [0.5, 0.6) is 11.6 Å². The van der Waals surface area contributed by atoms with Crippen molar-refractivity contribution in [3.63, 3.8) is 0 Å². The summed E-state index contributed by atoms with van der Waals surface area (Å²) in [6, 6.07) is 12.1. The summed E-state index contributed by atoms with van der Waals surface area (Å²) in [6.45, 7) is 5.92. The molecule has 2 rings (SSSR count). The molecule has 100 valence electrons. The van der Waals surface area contributed by atoms with Crippen LogP contribution in [0.1, 0.15) is 25.0 Å². The van der Waals surface area contributed by atoms with E-state index < -0.39 is 0 Å². The zero-order chi connectivity index (χ0) is 13.5. The summed E-state index contributed by atoms with van der Waals surface area (Å²) in [5, 5.41) is 3.29. The number of nitrogens with one attached hydrogen (secondary N) is 1. The van der Waals surface area contributed by atoms with Gasteiger partial charge in [-0.3, -0.25) is 0 Å². The molecule has 1 aromatic heterocycles. The van der Waals surface area contributed by atoms with Crippen molar-refractivity contribution in [2.24, 2.45) is 0 Å². The van der Waals surface area contributed by atoms with Gasteiger partial charge in [0.2, 0.25) is 5.88 Å². The van der Waals surface area contributed by atoms with Crippen LogP contribution >= 0.6 is 0 Å². The molecule has 0 unspecified atom stereocenters. The molecule has 0 aliphatic heterocycles. The number of rotatable bonds is 6. The van der Waals surface area contributed by atoms with Crippen molar-refractivity contribution in [3.05, 3.63) is 53.7 Å². The van der Waals surface area contributed by atoms with Crippen LogP contribution in [0.15, 0.2) is 42.6 Å². The van der Waals surface area contributed by atoms with Crippen molar-refractivity contribution in [1.82, 2.24) is 10.3 Å². The second-order valence-electron chi connectivity index (χ2n) is 4.35. The Kier molecular flexibility index (Phi) is 4.93. The van der Waals surface area contributed by atoms with Crippen molar-refractivity contribution in [1.29, 1.82) is 0 Å². The summed E-state index contributed by atoms with van der Waals surface area (Å²) in [4.78, 5) is 4.32. The summed E-state index contributed by atoms with van der Waals surface area (Å²) in [6.07, 6.45) is 2.76. The van der Waals surface area contributed by atoms with Crippen LogP contribution in [-0.2, 0) is 13.0 Å². The van der Waals surface area contributed by atoms with E-state index >= 15 is 0 Å². The molecule has 1 N–H and O–H groups in total. The van der Waals surface area contributed by atoms with E-state index in [0.717, 1.165) is 30.8 Å². The van der Waals surface area contributed by atoms with Crippen LogP contribution in [0.25, 0.3) is 0 Å². The normalized spacial score (nSPS) is 10.4. The van der Waals surface area contributed by atoms with Gasteiger partial charge >= 0.3 is 0 Å². The minimum Gasteiger partial charge on any atom is -0.439 e. The van der Waals surface area contributed by atoms with Crippen LogP contribution in [-0.4, -0.2) is 11.5 Å². The lowest BCUT2D eigenvalue weighted by molar-refractivity contribution is 0.453. The Hall–Kier alpha value is -1.87. The zero-order valence-electron chi connectivity index (χ0n) is 11.5. The zero-order valence-corrected chi connectivity index (χ0v) is 11.5. The molecule has 0 bridgehead atoms. The van der Waals surface area contributed by atoms with E-state index in [9.17, 15) is 0 Å². The van der Waals surface area contributed by atoms with E-state index in [-0.39, 0.29) is 0 Å². The summed E-state index contributed by atoms with van der Waals surface area (Å²) in [5.41, 5.74) is 2.34. The molecule has 0 spiro atoms. The second-order valence-corrected chi connectivity index (χ2v) is 4.35. The van der Waals surface area contributed by atoms with E-state index in [4.69, 9.17) is 4.74 Å². The first kappa shape index (κ1) is 13.6. The summed E-state index contributed by atoms with van der Waals surface area (Å²) < 4.78 is 5.90. The molecule has 0 saturated carbocycles. The molecule has 1 aromatic carbocycles. The molecule has 0 aliphatic rings. The number of hydrogen-bond acceptors (Lipinski definition) is 3. The highest BCUT2D eigenvalue weighted by atomic mass is 16.5. The standard InChI is InChI=1S/C16H20N2O/c1-3-13-7-5-9-15(11-13)19-16-14(12-17-4-2)8-6-10-18-16/h5-11,17H,3-4,12H2,1-2H3. The summed E-state index contributed by atoms with van der Waals surface area (Å²) in [5.74, 6) is 1.52. The van der Waals surface area contributed by atoms with Crippen molar-refractivity contribution < 1.29 is 4.74 Å². The Morgan fingerprint density at radius 3 is 2.84 bits per heavy atom. The maximum atomic E-state index is 5.90. The maximum absolute atomic E-state index is 5.90. The molecule has 0 atom stereocenters. The predicted molar refractivity (Wildman–Crippen MR) is 77.5 cm³/mol. The second kappa shape index (κ2) is 6.90. The fourth-order valence-corrected chi connectivity index (χ4v) is 1.85. The first-order valence-corrected chi connectivity index (χ1v) is 6.75. The van der Waals surface area contributed by atoms with Crippen molar-refractivity contribution in [2.75, 3.05) is 6.54 Å². The fraction of sp³-hybridized carbons (Fsp3) is 0.312. The Labute approximate surface area is 114 Å². The molecule has 2 aromatic rings. The van der Waals surface area contributed by atoms with Gasteiger partial charge in [-0.15, -0.1) is 0 Å². The smallest absolute Gasteiger partial charge is 0.223 e. The third kappa shape index (κ3) is 3.80. The van der Waals surface area contributed by atoms with Crippen LogP contribution in [0.4, 0.5) is 0 Å². The largest absolute Gasteiger partial charge is 0.439 e. The van der Waals surface area contributed by atoms with Gasteiger partial charge in [-0.1, -0.05) is 32.0 Å². The lowest BCUT2D eigenvalue weighted by Crippen LogP contribution is -2.12. The third-order valence-corrected chi connectivity index (χ3v) is 2.94. The van der Waals surface area contributed by atoms with E-state index in [1.54, 1.807) is 6.20 Å². The number of pyridine rings is 1. The molecule has 3 nitrogen and oxygen atoms in total. The van der Waals surface area contributed by atoms with E-state index in [1.165, 1.54) is 5.56 Å². The summed E-state index contributed by atoms with van der Waals surface area (Å²) in [7, 11) is 0. The number of hydrogen-bond donors (Lipinski definition) is 1. The van der Waals surface area contributed by atoms with Crippen molar-refractivity contribution >= 4 is 0 Å². The molecule has 0 radical (unpaired) electrons. The van der Waals surface area contributed by atoms with Gasteiger partial charge in [-0.2, -0.15) is 0 Å². The van der Waals surface area contributed by atoms with E-state index in [0.29, 0.717) is 5.88 Å². The topological polar surface area (TPSA) is 34.2 Å². The minimum atomic E-state index is 0.678. The van der Waals surface area contributed by atoms with Gasteiger partial charge < -0.3 is 10.1 Å². The summed E-state index contributed by atoms with van der Waals surface area (Å²) >= 11 is 0. The highest BCUT2D eigenvalue weighted by Gasteiger charge is 2.05. The quantitative estimate of drug-likeness (QED) is 0.858. The highest BCUT2D eigenvalue weighted by molar-refractivity contribution is 5.34. The number of ether oxygens (including phenoxy) is 1. The first-order valence-electron chi connectivity index (χ1n) is 6.75. The van der Waals surface area contributed by atoms with Gasteiger partial charge in [0.1, 0.15) is 5.75 Å². The molecule has 0 fully saturated rings. The fourth-order valence-electron chi connectivity index (χ4n) is 1.85. The van der Waals surface area contributed by atoms with Crippen molar-refractivity contribution in [2.45, 2.75) is 26.8 Å². The molecule has 0 saturated heterocycles. The monoisotopic (exact) mass is 256 g/mol. The van der Waals surface area contributed by atoms with Crippen LogP contribution < -0.4 is 10.1 Å². The van der Waals surface area contributed by atoms with Gasteiger partial charge in [0.25, 0.3) is 0 Å². The van der Waals surface area contributed by atoms with Crippen molar-refractivity contribution in [3.8, 4) is 11.6 Å². The highest BCUT2D eigenvalue weighted by Crippen LogP contribution is 2.23. The Morgan fingerprint density at radius 1 is 1.16 bits per heavy atom. The van der Waals surface area contributed by atoms with Gasteiger partial charge in [0.15, 0.2) is 0 Å². The molecule has 0 amide bonds. The number of aromatic nitrogens is 1. The lowest BCUT2D eigenvalue weighted by Gasteiger charge is -2.10. The number of benzene rings is 1. The van der Waals surface area contributed by atoms with E-state index in [2.05, 4.69) is 36.3 Å². The minimum absolute atomic E-state index is 0.678. The Bertz CT molecular complexity index is 526. The van der Waals surface area contributed by atoms with Gasteiger partial charge in [0.05, 0.1) is 0 Å². The van der Waals surface area contributed by atoms with Gasteiger partial charge in [-0.25, -0.2) is 4.98 Å². The average molecular weight is 256 g/mol. The SMILES string of the molecule is CCNCc1cccnc1Oc1cccc(CC)c1. The first-order chi connectivity index (χ1) is 9.33. The van der Waals surface area contributed by atoms with Crippen LogP contribution in [0.3, 0.4) is 0 Å².